The fourth-order valence-electron chi connectivity index (χ4n) is 9.60. The van der Waals surface area contributed by atoms with Gasteiger partial charge in [-0.2, -0.15) is 0 Å². The minimum atomic E-state index is -1.22. The van der Waals surface area contributed by atoms with Gasteiger partial charge in [0, 0.05) is 0 Å². The van der Waals surface area contributed by atoms with Crippen LogP contribution in [0.15, 0.2) is 0 Å². The van der Waals surface area contributed by atoms with E-state index in [0.29, 0.717) is 0 Å². The Balaban J connectivity index is 1.48. The molecule has 1 heteroatoms. The molecule has 0 aromatic rings. The van der Waals surface area contributed by atoms with Crippen molar-refractivity contribution >= 4 is 8.07 Å². The number of hydrogen-bond donors (Lipinski definition) is 0. The first kappa shape index (κ1) is 23.4. The van der Waals surface area contributed by atoms with Gasteiger partial charge in [-0.25, -0.2) is 0 Å². The summed E-state index contributed by atoms with van der Waals surface area (Å²) in [5.41, 5.74) is 2.31. The predicted molar refractivity (Wildman–Crippen MR) is 136 cm³/mol. The number of rotatable bonds is 7. The second-order valence-corrected chi connectivity index (χ2v) is 18.9. The summed E-state index contributed by atoms with van der Waals surface area (Å²) < 4.78 is 0. The average molecular weight is 431 g/mol. The number of fused-ring (bicyclic) bond motifs is 2. The minimum Gasteiger partial charge on any atom is -0.0689 e. The Labute approximate surface area is 190 Å². The molecule has 0 spiro atoms. The van der Waals surface area contributed by atoms with Crippen molar-refractivity contribution in [3.8, 4) is 0 Å². The Morgan fingerprint density at radius 3 is 1.87 bits per heavy atom. The molecule has 4 rings (SSSR count). The van der Waals surface area contributed by atoms with Gasteiger partial charge in [-0.05, 0) is 90.5 Å². The Morgan fingerprint density at radius 2 is 1.23 bits per heavy atom. The van der Waals surface area contributed by atoms with Crippen LogP contribution in [-0.4, -0.2) is 8.07 Å². The summed E-state index contributed by atoms with van der Waals surface area (Å²) in [6.45, 7) is 15.8. The largest absolute Gasteiger partial charge is 0.0689 e. The molecule has 0 nitrogen and oxygen atoms in total. The highest BCUT2D eigenvalue weighted by Gasteiger charge is 2.56. The molecule has 0 saturated heterocycles. The Kier molecular flexibility index (Phi) is 7.48. The third-order valence-electron chi connectivity index (χ3n) is 11.2. The van der Waals surface area contributed by atoms with Crippen LogP contribution in [0.4, 0.5) is 0 Å². The zero-order valence-corrected chi connectivity index (χ0v) is 22.5. The molecule has 0 bridgehead atoms. The molecule has 0 radical (unpaired) electrons. The molecular weight excluding hydrogens is 376 g/mol. The van der Waals surface area contributed by atoms with E-state index in [-0.39, 0.29) is 0 Å². The van der Waals surface area contributed by atoms with Crippen molar-refractivity contribution < 1.29 is 0 Å². The van der Waals surface area contributed by atoms with Crippen molar-refractivity contribution in [2.24, 2.45) is 47.3 Å². The molecule has 4 fully saturated rings. The second-order valence-electron chi connectivity index (χ2n) is 13.8. The second kappa shape index (κ2) is 9.60. The van der Waals surface area contributed by atoms with Crippen LogP contribution < -0.4 is 0 Å². The van der Waals surface area contributed by atoms with Crippen LogP contribution in [0.2, 0.25) is 24.2 Å². The van der Waals surface area contributed by atoms with E-state index in [2.05, 4.69) is 40.8 Å². The van der Waals surface area contributed by atoms with E-state index in [1.165, 1.54) is 25.7 Å². The third-order valence-corrected chi connectivity index (χ3v) is 16.3. The zero-order chi connectivity index (χ0) is 21.5. The van der Waals surface area contributed by atoms with Gasteiger partial charge in [0.05, 0.1) is 8.07 Å². The molecule has 9 atom stereocenters. The SMILES string of the molecule is CC(C)CCC(C)CC1CC([Si](C)(C)C2CC(C)C3CCCCC32)C2CCCCC12. The zero-order valence-electron chi connectivity index (χ0n) is 21.5. The first-order valence-electron chi connectivity index (χ1n) is 14.3. The molecule has 0 N–H and O–H groups in total. The summed E-state index contributed by atoms with van der Waals surface area (Å²) in [6, 6.07) is 0. The van der Waals surface area contributed by atoms with Crippen LogP contribution in [0, 0.1) is 47.3 Å². The Bertz CT molecular complexity index is 551. The molecule has 9 unspecified atom stereocenters. The lowest BCUT2D eigenvalue weighted by atomic mass is 9.75. The molecule has 174 valence electrons. The maximum atomic E-state index is 2.89. The van der Waals surface area contributed by atoms with Crippen LogP contribution in [0.3, 0.4) is 0 Å². The van der Waals surface area contributed by atoms with E-state index >= 15 is 0 Å². The van der Waals surface area contributed by atoms with E-state index < -0.39 is 8.07 Å². The van der Waals surface area contributed by atoms with E-state index in [9.17, 15) is 0 Å². The molecular formula is C29H54Si. The van der Waals surface area contributed by atoms with Crippen LogP contribution >= 0.6 is 0 Å². The van der Waals surface area contributed by atoms with Crippen molar-refractivity contribution in [2.45, 2.75) is 135 Å². The van der Waals surface area contributed by atoms with Gasteiger partial charge in [0.15, 0.2) is 0 Å². The van der Waals surface area contributed by atoms with Gasteiger partial charge in [0.25, 0.3) is 0 Å². The van der Waals surface area contributed by atoms with Gasteiger partial charge in [-0.1, -0.05) is 92.2 Å². The van der Waals surface area contributed by atoms with Gasteiger partial charge in [-0.15, -0.1) is 0 Å². The van der Waals surface area contributed by atoms with Gasteiger partial charge in [-0.3, -0.25) is 0 Å². The van der Waals surface area contributed by atoms with E-state index in [0.717, 1.165) is 58.4 Å². The van der Waals surface area contributed by atoms with Gasteiger partial charge < -0.3 is 0 Å². The third kappa shape index (κ3) is 4.63. The van der Waals surface area contributed by atoms with E-state index in [1.807, 2.05) is 0 Å². The molecule has 0 amide bonds. The van der Waals surface area contributed by atoms with E-state index in [1.54, 1.807) is 57.8 Å². The summed E-state index contributed by atoms with van der Waals surface area (Å²) in [7, 11) is -1.22. The minimum absolute atomic E-state index is 0.880. The van der Waals surface area contributed by atoms with Crippen molar-refractivity contribution in [3.05, 3.63) is 0 Å². The van der Waals surface area contributed by atoms with Crippen LogP contribution in [0.1, 0.15) is 111 Å². The fourth-order valence-corrected chi connectivity index (χ4v) is 15.1. The van der Waals surface area contributed by atoms with Crippen LogP contribution in [0.5, 0.6) is 0 Å². The summed E-state index contributed by atoms with van der Waals surface area (Å²) in [5, 5.41) is 0. The summed E-state index contributed by atoms with van der Waals surface area (Å²) in [6.07, 6.45) is 20.2. The number of hydrogen-bond acceptors (Lipinski definition) is 0. The monoisotopic (exact) mass is 430 g/mol. The lowest BCUT2D eigenvalue weighted by Crippen LogP contribution is -2.43. The van der Waals surface area contributed by atoms with Crippen molar-refractivity contribution in [1.82, 2.24) is 0 Å². The summed E-state index contributed by atoms with van der Waals surface area (Å²) in [5.74, 6) is 8.41. The molecule has 4 aliphatic carbocycles. The molecule has 4 saturated carbocycles. The van der Waals surface area contributed by atoms with Gasteiger partial charge in [0.2, 0.25) is 0 Å². The van der Waals surface area contributed by atoms with Crippen molar-refractivity contribution in [2.75, 3.05) is 0 Å². The fraction of sp³-hybridized carbons (Fsp3) is 1.00. The van der Waals surface area contributed by atoms with Gasteiger partial charge in [0.1, 0.15) is 0 Å². The first-order valence-corrected chi connectivity index (χ1v) is 17.4. The first-order chi connectivity index (χ1) is 14.3. The van der Waals surface area contributed by atoms with Crippen LogP contribution in [-0.2, 0) is 0 Å². The molecule has 0 aliphatic heterocycles. The van der Waals surface area contributed by atoms with Crippen molar-refractivity contribution in [1.29, 1.82) is 0 Å². The highest BCUT2D eigenvalue weighted by molar-refractivity contribution is 6.80. The standard InChI is InChI=1S/C29H54Si/c1-20(2)15-16-21(3)17-23-19-29(27-14-10-8-12-25(23)27)30(5,6)28-18-22(4)24-11-7-9-13-26(24)28/h20-29H,7-19H2,1-6H3. The normalized spacial score (nSPS) is 42.9. The molecule has 30 heavy (non-hydrogen) atoms. The molecule has 4 aliphatic rings. The Morgan fingerprint density at radius 1 is 0.700 bits per heavy atom. The van der Waals surface area contributed by atoms with E-state index in [4.69, 9.17) is 0 Å². The summed E-state index contributed by atoms with van der Waals surface area (Å²) in [4.78, 5) is 0. The van der Waals surface area contributed by atoms with Crippen LogP contribution in [0.25, 0.3) is 0 Å². The highest BCUT2D eigenvalue weighted by atomic mass is 28.3. The smallest absolute Gasteiger partial charge is 0.0541 e. The highest BCUT2D eigenvalue weighted by Crippen LogP contribution is 2.64. The quantitative estimate of drug-likeness (QED) is 0.353. The summed E-state index contributed by atoms with van der Waals surface area (Å²) >= 11 is 0. The molecule has 0 aromatic carbocycles. The van der Waals surface area contributed by atoms with Crippen molar-refractivity contribution in [3.63, 3.8) is 0 Å². The van der Waals surface area contributed by atoms with Gasteiger partial charge >= 0.3 is 0 Å². The average Bonchev–Trinajstić information content (AvgIpc) is 3.26. The molecule has 0 heterocycles. The lowest BCUT2D eigenvalue weighted by molar-refractivity contribution is 0.201. The Hall–Kier alpha value is 0.217. The maximum Gasteiger partial charge on any atom is 0.0541 e. The maximum absolute atomic E-state index is 2.89. The predicted octanol–water partition coefficient (Wildman–Crippen LogP) is 9.57. The topological polar surface area (TPSA) is 0 Å². The molecule has 0 aromatic heterocycles. The lowest BCUT2D eigenvalue weighted by Gasteiger charge is -2.45.